The molecule has 1 aromatic heterocycles. The molecule has 2 heterocycles. The Labute approximate surface area is 225 Å². The highest BCUT2D eigenvalue weighted by Crippen LogP contribution is 2.41. The summed E-state index contributed by atoms with van der Waals surface area (Å²) in [7, 11) is 0. The van der Waals surface area contributed by atoms with Crippen LogP contribution in [-0.4, -0.2) is 42.1 Å². The van der Waals surface area contributed by atoms with E-state index in [-0.39, 0.29) is 17.8 Å². The monoisotopic (exact) mass is 537 g/mol. The average Bonchev–Trinajstić information content (AvgIpc) is 3.66. The van der Waals surface area contributed by atoms with Gasteiger partial charge >= 0.3 is 6.36 Å². The van der Waals surface area contributed by atoms with Crippen LogP contribution in [0.25, 0.3) is 11.3 Å². The second-order valence-electron chi connectivity index (χ2n) is 10.7. The zero-order valence-corrected chi connectivity index (χ0v) is 21.3. The van der Waals surface area contributed by atoms with Gasteiger partial charge in [0.2, 0.25) is 0 Å². The number of anilines is 2. The SMILES string of the molecule is N#Cc1ccc(N2C[C@@H]3CC(NC4CCCC[C@H]4Nc4ncc(-c5ccc(OC(F)(F)F)cc5)o4)[C@H]2C3)cc1. The maximum Gasteiger partial charge on any atom is 0.573 e. The molecule has 0 spiro atoms. The Kier molecular flexibility index (Phi) is 6.85. The number of rotatable bonds is 7. The number of hydrogen-bond donors (Lipinski definition) is 2. The first-order valence-corrected chi connectivity index (χ1v) is 13.5. The first kappa shape index (κ1) is 25.6. The van der Waals surface area contributed by atoms with E-state index in [4.69, 9.17) is 9.68 Å². The van der Waals surface area contributed by atoms with Gasteiger partial charge < -0.3 is 24.7 Å². The van der Waals surface area contributed by atoms with Crippen LogP contribution in [0.15, 0.2) is 59.1 Å². The predicted molar refractivity (Wildman–Crippen MR) is 140 cm³/mol. The lowest BCUT2D eigenvalue weighted by Gasteiger charge is -2.40. The molecule has 6 rings (SSSR count). The maximum absolute atomic E-state index is 12.4. The summed E-state index contributed by atoms with van der Waals surface area (Å²) < 4.78 is 47.2. The third-order valence-electron chi connectivity index (χ3n) is 8.19. The van der Waals surface area contributed by atoms with Gasteiger partial charge in [-0.2, -0.15) is 5.26 Å². The van der Waals surface area contributed by atoms with Gasteiger partial charge in [-0.25, -0.2) is 4.98 Å². The molecule has 2 saturated carbocycles. The number of nitrogens with zero attached hydrogens (tertiary/aromatic N) is 3. The van der Waals surface area contributed by atoms with Gasteiger partial charge in [-0.05, 0) is 80.1 Å². The number of alkyl halides is 3. The summed E-state index contributed by atoms with van der Waals surface area (Å²) in [5, 5.41) is 16.6. The highest BCUT2D eigenvalue weighted by molar-refractivity contribution is 5.58. The highest BCUT2D eigenvalue weighted by atomic mass is 19.4. The summed E-state index contributed by atoms with van der Waals surface area (Å²) >= 11 is 0. The van der Waals surface area contributed by atoms with Gasteiger partial charge in [0.15, 0.2) is 5.76 Å². The minimum Gasteiger partial charge on any atom is -0.424 e. The Balaban J connectivity index is 1.10. The van der Waals surface area contributed by atoms with E-state index in [1.165, 1.54) is 42.8 Å². The molecule has 3 aliphatic rings. The number of halogens is 3. The Morgan fingerprint density at radius 2 is 1.72 bits per heavy atom. The van der Waals surface area contributed by atoms with Crippen molar-refractivity contribution in [2.45, 2.75) is 69.1 Å². The molecule has 1 aliphatic heterocycles. The minimum absolute atomic E-state index is 0.162. The van der Waals surface area contributed by atoms with Crippen LogP contribution >= 0.6 is 0 Å². The molecular formula is C29H30F3N5O2. The van der Waals surface area contributed by atoms with Gasteiger partial charge in [0.1, 0.15) is 5.75 Å². The molecule has 10 heteroatoms. The van der Waals surface area contributed by atoms with Crippen molar-refractivity contribution in [3.63, 3.8) is 0 Å². The van der Waals surface area contributed by atoms with Gasteiger partial charge in [0, 0.05) is 42.0 Å². The zero-order valence-electron chi connectivity index (χ0n) is 21.3. The normalized spacial score (nSPS) is 26.4. The summed E-state index contributed by atoms with van der Waals surface area (Å²) in [5.74, 6) is 0.862. The highest BCUT2D eigenvalue weighted by Gasteiger charge is 2.46. The van der Waals surface area contributed by atoms with Crippen LogP contribution in [0.3, 0.4) is 0 Å². The van der Waals surface area contributed by atoms with Crippen LogP contribution in [0.2, 0.25) is 0 Å². The first-order chi connectivity index (χ1) is 18.8. The van der Waals surface area contributed by atoms with Crippen LogP contribution in [0.5, 0.6) is 5.75 Å². The van der Waals surface area contributed by atoms with E-state index in [1.54, 1.807) is 6.20 Å². The summed E-state index contributed by atoms with van der Waals surface area (Å²) in [6, 6.07) is 17.3. The molecule has 2 aromatic carbocycles. The van der Waals surface area contributed by atoms with E-state index in [0.29, 0.717) is 40.9 Å². The van der Waals surface area contributed by atoms with Crippen LogP contribution in [0, 0.1) is 17.2 Å². The molecule has 5 atom stereocenters. The molecule has 39 heavy (non-hydrogen) atoms. The summed E-state index contributed by atoms with van der Waals surface area (Å²) in [5.41, 5.74) is 2.47. The van der Waals surface area contributed by atoms with Crippen molar-refractivity contribution in [2.24, 2.45) is 5.92 Å². The number of aromatic nitrogens is 1. The van der Waals surface area contributed by atoms with E-state index >= 15 is 0 Å². The fourth-order valence-electron chi connectivity index (χ4n) is 6.46. The molecule has 2 bridgehead atoms. The number of fused-ring (bicyclic) bond motifs is 2. The summed E-state index contributed by atoms with van der Waals surface area (Å²) in [6.07, 6.45) is 3.55. The van der Waals surface area contributed by atoms with Gasteiger partial charge in [-0.1, -0.05) is 12.8 Å². The van der Waals surface area contributed by atoms with Crippen molar-refractivity contribution in [3.8, 4) is 23.1 Å². The number of piperidine rings is 1. The van der Waals surface area contributed by atoms with E-state index in [1.807, 2.05) is 12.1 Å². The standard InChI is InChI=1S/C29H30F3N5O2/c30-29(31,32)39-22-11-7-20(8-12-22)27-16-34-28(38-27)36-24-4-2-1-3-23(24)35-25-13-19-14-26(25)37(17-19)21-9-5-18(15-33)6-10-21/h5-12,16,19,23-26,35H,1-4,13-14,17H2,(H,34,36)/t19-,23?,24-,25?,26-/m1/s1. The summed E-state index contributed by atoms with van der Waals surface area (Å²) in [6.45, 7) is 1.06. The van der Waals surface area contributed by atoms with E-state index in [9.17, 15) is 13.2 Å². The second-order valence-corrected chi connectivity index (χ2v) is 10.7. The van der Waals surface area contributed by atoms with Gasteiger partial charge in [-0.3, -0.25) is 0 Å². The van der Waals surface area contributed by atoms with E-state index in [0.717, 1.165) is 32.2 Å². The summed E-state index contributed by atoms with van der Waals surface area (Å²) in [4.78, 5) is 6.88. The van der Waals surface area contributed by atoms with Crippen molar-refractivity contribution < 1.29 is 22.3 Å². The number of oxazole rings is 1. The molecule has 7 nitrogen and oxygen atoms in total. The van der Waals surface area contributed by atoms with Crippen molar-refractivity contribution >= 4 is 11.7 Å². The van der Waals surface area contributed by atoms with Gasteiger partial charge in [-0.15, -0.1) is 13.2 Å². The van der Waals surface area contributed by atoms with Gasteiger partial charge in [0.05, 0.1) is 17.8 Å². The number of nitriles is 1. The Hall–Kier alpha value is -3.71. The van der Waals surface area contributed by atoms with Crippen LogP contribution < -0.4 is 20.3 Å². The Bertz CT molecular complexity index is 1320. The second kappa shape index (κ2) is 10.5. The predicted octanol–water partition coefficient (Wildman–Crippen LogP) is 6.09. The van der Waals surface area contributed by atoms with Crippen LogP contribution in [-0.2, 0) is 0 Å². The first-order valence-electron chi connectivity index (χ1n) is 13.5. The lowest BCUT2D eigenvalue weighted by molar-refractivity contribution is -0.274. The molecule has 204 valence electrons. The molecule has 2 N–H and O–H groups in total. The Morgan fingerprint density at radius 3 is 2.41 bits per heavy atom. The number of benzene rings is 2. The van der Waals surface area contributed by atoms with Crippen LogP contribution in [0.1, 0.15) is 44.1 Å². The lowest BCUT2D eigenvalue weighted by Crippen LogP contribution is -2.56. The molecule has 3 aromatic rings. The minimum atomic E-state index is -4.73. The fraction of sp³-hybridized carbons (Fsp3) is 0.448. The maximum atomic E-state index is 12.4. The molecule has 3 fully saturated rings. The fourth-order valence-corrected chi connectivity index (χ4v) is 6.46. The van der Waals surface area contributed by atoms with E-state index < -0.39 is 6.36 Å². The van der Waals surface area contributed by atoms with Crippen LogP contribution in [0.4, 0.5) is 24.9 Å². The molecular weight excluding hydrogens is 507 g/mol. The smallest absolute Gasteiger partial charge is 0.424 e. The van der Waals surface area contributed by atoms with Gasteiger partial charge in [0.25, 0.3) is 6.01 Å². The average molecular weight is 538 g/mol. The zero-order chi connectivity index (χ0) is 27.0. The molecule has 1 saturated heterocycles. The van der Waals surface area contributed by atoms with Crippen molar-refractivity contribution in [1.29, 1.82) is 5.26 Å². The molecule has 0 radical (unpaired) electrons. The number of nitrogens with one attached hydrogen (secondary N) is 2. The Morgan fingerprint density at radius 1 is 0.974 bits per heavy atom. The number of hydrogen-bond acceptors (Lipinski definition) is 7. The lowest BCUT2D eigenvalue weighted by atomic mass is 9.89. The number of ether oxygens (including phenoxy) is 1. The third kappa shape index (κ3) is 5.69. The van der Waals surface area contributed by atoms with Crippen molar-refractivity contribution in [3.05, 3.63) is 60.3 Å². The van der Waals surface area contributed by atoms with E-state index in [2.05, 4.69) is 43.5 Å². The molecule has 2 unspecified atom stereocenters. The molecule has 2 aliphatic carbocycles. The van der Waals surface area contributed by atoms with Crippen molar-refractivity contribution in [2.75, 3.05) is 16.8 Å². The molecule has 0 amide bonds. The third-order valence-corrected chi connectivity index (χ3v) is 8.19. The topological polar surface area (TPSA) is 86.4 Å². The quantitative estimate of drug-likeness (QED) is 0.377. The largest absolute Gasteiger partial charge is 0.573 e. The van der Waals surface area contributed by atoms with Crippen molar-refractivity contribution in [1.82, 2.24) is 10.3 Å².